The molecule has 0 aliphatic rings. The number of benzene rings is 2. The van der Waals surface area contributed by atoms with Crippen LogP contribution in [0.1, 0.15) is 17.9 Å². The molecule has 0 radical (unpaired) electrons. The number of methoxy groups -OCH3 is 2. The normalized spacial score (nSPS) is 10.4. The molecular formula is C21H22N2O4. The lowest BCUT2D eigenvalue weighted by atomic mass is 10.1. The molecule has 27 heavy (non-hydrogen) atoms. The maximum Gasteiger partial charge on any atom is 0.220 e. The van der Waals surface area contributed by atoms with Crippen LogP contribution in [0.3, 0.4) is 0 Å². The Bertz CT molecular complexity index is 890. The molecule has 6 nitrogen and oxygen atoms in total. The number of amides is 1. The molecule has 3 rings (SSSR count). The van der Waals surface area contributed by atoms with Gasteiger partial charge in [-0.15, -0.1) is 0 Å². The van der Waals surface area contributed by atoms with Crippen LogP contribution in [0.25, 0.3) is 11.3 Å². The van der Waals surface area contributed by atoms with E-state index >= 15 is 0 Å². The molecule has 1 aromatic heterocycles. The highest BCUT2D eigenvalue weighted by Gasteiger charge is 2.13. The van der Waals surface area contributed by atoms with E-state index in [4.69, 9.17) is 13.9 Å². The lowest BCUT2D eigenvalue weighted by Crippen LogP contribution is -2.22. The van der Waals surface area contributed by atoms with E-state index in [9.17, 15) is 4.79 Å². The number of carbonyl (C=O) groups is 1. The second-order valence-electron chi connectivity index (χ2n) is 5.95. The van der Waals surface area contributed by atoms with Crippen molar-refractivity contribution in [2.75, 3.05) is 14.2 Å². The van der Waals surface area contributed by atoms with Gasteiger partial charge in [0.2, 0.25) is 5.91 Å². The van der Waals surface area contributed by atoms with E-state index in [0.717, 1.165) is 11.1 Å². The van der Waals surface area contributed by atoms with Crippen molar-refractivity contribution in [3.63, 3.8) is 0 Å². The summed E-state index contributed by atoms with van der Waals surface area (Å²) in [5.41, 5.74) is 1.85. The highest BCUT2D eigenvalue weighted by Crippen LogP contribution is 2.33. The van der Waals surface area contributed by atoms with Crippen LogP contribution in [-0.2, 0) is 17.8 Å². The number of oxazole rings is 1. The van der Waals surface area contributed by atoms with Gasteiger partial charge in [-0.3, -0.25) is 4.79 Å². The van der Waals surface area contributed by atoms with Crippen LogP contribution in [0, 0.1) is 0 Å². The number of hydrogen-bond donors (Lipinski definition) is 1. The topological polar surface area (TPSA) is 73.6 Å². The van der Waals surface area contributed by atoms with Crippen molar-refractivity contribution in [3.8, 4) is 22.8 Å². The van der Waals surface area contributed by atoms with Crippen molar-refractivity contribution >= 4 is 5.91 Å². The molecule has 0 spiro atoms. The second-order valence-corrected chi connectivity index (χ2v) is 5.95. The molecule has 140 valence electrons. The van der Waals surface area contributed by atoms with E-state index in [1.807, 2.05) is 42.5 Å². The molecule has 0 saturated carbocycles. The van der Waals surface area contributed by atoms with Crippen molar-refractivity contribution < 1.29 is 18.7 Å². The average molecular weight is 366 g/mol. The van der Waals surface area contributed by atoms with Crippen LogP contribution in [0.15, 0.2) is 59.1 Å². The Morgan fingerprint density at radius 2 is 1.93 bits per heavy atom. The zero-order chi connectivity index (χ0) is 19.1. The minimum absolute atomic E-state index is 0.0411. The Hall–Kier alpha value is -3.28. The van der Waals surface area contributed by atoms with Crippen molar-refractivity contribution in [2.24, 2.45) is 0 Å². The highest BCUT2D eigenvalue weighted by atomic mass is 16.5. The summed E-state index contributed by atoms with van der Waals surface area (Å²) in [5.74, 6) is 2.40. The summed E-state index contributed by atoms with van der Waals surface area (Å²) in [6.07, 6.45) is 2.38. The fraction of sp³-hybridized carbons (Fsp3) is 0.238. The van der Waals surface area contributed by atoms with Gasteiger partial charge in [0.1, 0.15) is 11.5 Å². The summed E-state index contributed by atoms with van der Waals surface area (Å²) in [4.78, 5) is 16.3. The van der Waals surface area contributed by atoms with Gasteiger partial charge in [-0.25, -0.2) is 4.98 Å². The summed E-state index contributed by atoms with van der Waals surface area (Å²) < 4.78 is 16.4. The van der Waals surface area contributed by atoms with Gasteiger partial charge in [-0.05, 0) is 17.7 Å². The molecule has 0 fully saturated rings. The molecule has 6 heteroatoms. The van der Waals surface area contributed by atoms with E-state index in [-0.39, 0.29) is 5.91 Å². The monoisotopic (exact) mass is 366 g/mol. The third kappa shape index (κ3) is 4.88. The van der Waals surface area contributed by atoms with E-state index < -0.39 is 0 Å². The van der Waals surface area contributed by atoms with Crippen molar-refractivity contribution in [2.45, 2.75) is 19.4 Å². The van der Waals surface area contributed by atoms with E-state index in [2.05, 4.69) is 10.3 Å². The Balaban J connectivity index is 1.57. The molecular weight excluding hydrogens is 344 g/mol. The summed E-state index contributed by atoms with van der Waals surface area (Å²) in [7, 11) is 3.19. The Labute approximate surface area is 158 Å². The van der Waals surface area contributed by atoms with Gasteiger partial charge in [0.15, 0.2) is 11.7 Å². The van der Waals surface area contributed by atoms with Gasteiger partial charge in [-0.2, -0.15) is 0 Å². The summed E-state index contributed by atoms with van der Waals surface area (Å²) >= 11 is 0. The third-order valence-corrected chi connectivity index (χ3v) is 4.13. The maximum absolute atomic E-state index is 12.0. The zero-order valence-corrected chi connectivity index (χ0v) is 15.4. The molecule has 1 amide bonds. The SMILES string of the molecule is COc1ccc(-c2cnc(CCC(=O)NCc3ccccc3)o2)c(OC)c1. The zero-order valence-electron chi connectivity index (χ0n) is 15.4. The van der Waals surface area contributed by atoms with Gasteiger partial charge < -0.3 is 19.2 Å². The first-order valence-electron chi connectivity index (χ1n) is 8.67. The van der Waals surface area contributed by atoms with Crippen molar-refractivity contribution in [1.29, 1.82) is 0 Å². The molecule has 0 bridgehead atoms. The fourth-order valence-electron chi connectivity index (χ4n) is 2.66. The molecule has 0 aliphatic carbocycles. The summed E-state index contributed by atoms with van der Waals surface area (Å²) in [6.45, 7) is 0.513. The predicted molar refractivity (Wildman–Crippen MR) is 102 cm³/mol. The van der Waals surface area contributed by atoms with Gasteiger partial charge in [0.25, 0.3) is 0 Å². The molecule has 3 aromatic rings. The molecule has 0 unspecified atom stereocenters. The number of nitrogens with one attached hydrogen (secondary N) is 1. The van der Waals surface area contributed by atoms with Crippen molar-refractivity contribution in [1.82, 2.24) is 10.3 Å². The molecule has 0 aliphatic heterocycles. The van der Waals surface area contributed by atoms with Gasteiger partial charge in [0, 0.05) is 25.5 Å². The standard InChI is InChI=1S/C21H22N2O4/c1-25-16-8-9-17(18(12-16)26-2)19-14-23-21(27-19)11-10-20(24)22-13-15-6-4-3-5-7-15/h3-9,12,14H,10-11,13H2,1-2H3,(H,22,24). The molecule has 0 saturated heterocycles. The smallest absolute Gasteiger partial charge is 0.220 e. The number of carbonyl (C=O) groups excluding carboxylic acids is 1. The van der Waals surface area contributed by atoms with Gasteiger partial charge >= 0.3 is 0 Å². The number of aryl methyl sites for hydroxylation is 1. The Kier molecular flexibility index (Phi) is 6.10. The molecule has 2 aromatic carbocycles. The first-order valence-corrected chi connectivity index (χ1v) is 8.67. The van der Waals surface area contributed by atoms with E-state index in [1.54, 1.807) is 26.5 Å². The molecule has 1 heterocycles. The predicted octanol–water partition coefficient (Wildman–Crippen LogP) is 3.61. The number of rotatable bonds is 8. The van der Waals surface area contributed by atoms with E-state index in [0.29, 0.717) is 42.5 Å². The first kappa shape index (κ1) is 18.5. The fourth-order valence-corrected chi connectivity index (χ4v) is 2.66. The Morgan fingerprint density at radius 3 is 2.67 bits per heavy atom. The number of nitrogens with zero attached hydrogens (tertiary/aromatic N) is 1. The first-order chi connectivity index (χ1) is 13.2. The third-order valence-electron chi connectivity index (χ3n) is 4.13. The van der Waals surface area contributed by atoms with Crippen LogP contribution in [0.4, 0.5) is 0 Å². The van der Waals surface area contributed by atoms with Crippen LogP contribution in [0.2, 0.25) is 0 Å². The molecule has 1 N–H and O–H groups in total. The summed E-state index contributed by atoms with van der Waals surface area (Å²) in [6, 6.07) is 15.3. The second kappa shape index (κ2) is 8.89. The van der Waals surface area contributed by atoms with Crippen LogP contribution < -0.4 is 14.8 Å². The minimum atomic E-state index is -0.0411. The lowest BCUT2D eigenvalue weighted by Gasteiger charge is -2.08. The number of aromatic nitrogens is 1. The average Bonchev–Trinajstić information content (AvgIpc) is 3.19. The van der Waals surface area contributed by atoms with Crippen LogP contribution in [0.5, 0.6) is 11.5 Å². The Morgan fingerprint density at radius 1 is 1.11 bits per heavy atom. The number of hydrogen-bond acceptors (Lipinski definition) is 5. The van der Waals surface area contributed by atoms with Crippen LogP contribution in [-0.4, -0.2) is 25.1 Å². The van der Waals surface area contributed by atoms with Gasteiger partial charge in [-0.1, -0.05) is 30.3 Å². The lowest BCUT2D eigenvalue weighted by molar-refractivity contribution is -0.121. The molecule has 0 atom stereocenters. The largest absolute Gasteiger partial charge is 0.497 e. The maximum atomic E-state index is 12.0. The van der Waals surface area contributed by atoms with Gasteiger partial charge in [0.05, 0.1) is 26.0 Å². The highest BCUT2D eigenvalue weighted by molar-refractivity contribution is 5.76. The van der Waals surface area contributed by atoms with Crippen LogP contribution >= 0.6 is 0 Å². The quantitative estimate of drug-likeness (QED) is 0.659. The summed E-state index contributed by atoms with van der Waals surface area (Å²) in [5, 5.41) is 2.90. The number of ether oxygens (including phenoxy) is 2. The van der Waals surface area contributed by atoms with Crippen molar-refractivity contribution in [3.05, 3.63) is 66.2 Å². The van der Waals surface area contributed by atoms with E-state index in [1.165, 1.54) is 0 Å². The minimum Gasteiger partial charge on any atom is -0.497 e.